The molecule has 196 valence electrons. The lowest BCUT2D eigenvalue weighted by Gasteiger charge is -2.24. The molecule has 1 aliphatic rings. The fraction of sp³-hybridized carbons (Fsp3) is 0.200. The number of pyridine rings is 1. The minimum absolute atomic E-state index is 0.0668. The van der Waals surface area contributed by atoms with E-state index in [-0.39, 0.29) is 17.6 Å². The molecule has 1 aliphatic carbocycles. The third kappa shape index (κ3) is 4.36. The molecule has 0 saturated heterocycles. The highest BCUT2D eigenvalue weighted by Crippen LogP contribution is 2.39. The van der Waals surface area contributed by atoms with Gasteiger partial charge in [0.15, 0.2) is 5.82 Å². The highest BCUT2D eigenvalue weighted by atomic mass is 16.3. The molecule has 0 aliphatic heterocycles. The molecule has 39 heavy (non-hydrogen) atoms. The number of primary amides is 1. The number of aromatic nitrogens is 4. The van der Waals surface area contributed by atoms with Crippen molar-refractivity contribution in [3.63, 3.8) is 0 Å². The first kappa shape index (κ1) is 24.6. The van der Waals surface area contributed by atoms with Crippen molar-refractivity contribution < 1.29 is 9.90 Å². The predicted octanol–water partition coefficient (Wildman–Crippen LogP) is 3.91. The van der Waals surface area contributed by atoms with E-state index in [0.29, 0.717) is 22.6 Å². The van der Waals surface area contributed by atoms with Crippen molar-refractivity contribution in [3.8, 4) is 27.9 Å². The number of benzene rings is 2. The molecule has 9 nitrogen and oxygen atoms in total. The maximum absolute atomic E-state index is 13.3. The second-order valence-electron chi connectivity index (χ2n) is 9.95. The second-order valence-corrected chi connectivity index (χ2v) is 9.95. The van der Waals surface area contributed by atoms with E-state index in [0.717, 1.165) is 48.0 Å². The molecule has 0 bridgehead atoms. The van der Waals surface area contributed by atoms with Gasteiger partial charge < -0.3 is 16.6 Å². The molecule has 1 fully saturated rings. The number of nitrogens with two attached hydrogens (primary N) is 2. The third-order valence-corrected chi connectivity index (χ3v) is 7.61. The van der Waals surface area contributed by atoms with E-state index in [9.17, 15) is 14.7 Å². The van der Waals surface area contributed by atoms with Gasteiger partial charge in [-0.3, -0.25) is 14.2 Å². The van der Waals surface area contributed by atoms with E-state index in [1.165, 1.54) is 10.9 Å². The van der Waals surface area contributed by atoms with E-state index in [1.54, 1.807) is 24.4 Å². The van der Waals surface area contributed by atoms with E-state index < -0.39 is 11.5 Å². The molecule has 0 radical (unpaired) electrons. The van der Waals surface area contributed by atoms with Crippen molar-refractivity contribution in [2.24, 2.45) is 5.73 Å². The Morgan fingerprint density at radius 3 is 2.26 bits per heavy atom. The van der Waals surface area contributed by atoms with Crippen LogP contribution in [0.15, 0.2) is 84.0 Å². The summed E-state index contributed by atoms with van der Waals surface area (Å²) in [6, 6.07) is 20.5. The lowest BCUT2D eigenvalue weighted by atomic mass is 9.85. The molecule has 6 rings (SSSR count). The van der Waals surface area contributed by atoms with Crippen LogP contribution in [0, 0.1) is 0 Å². The Kier molecular flexibility index (Phi) is 6.20. The van der Waals surface area contributed by atoms with Crippen LogP contribution in [0.5, 0.6) is 0 Å². The van der Waals surface area contributed by atoms with Crippen LogP contribution in [0.1, 0.15) is 47.7 Å². The molecule has 2 aromatic carbocycles. The first-order valence-electron chi connectivity index (χ1n) is 12.9. The number of nitrogens with zero attached hydrogens (tertiary/aromatic N) is 4. The maximum atomic E-state index is 13.3. The zero-order chi connectivity index (χ0) is 27.1. The quantitative estimate of drug-likeness (QED) is 0.321. The largest absolute Gasteiger partial charge is 0.393 e. The van der Waals surface area contributed by atoms with Gasteiger partial charge >= 0.3 is 0 Å². The summed E-state index contributed by atoms with van der Waals surface area (Å²) in [5.74, 6) is -0.140. The first-order valence-corrected chi connectivity index (χ1v) is 12.9. The Morgan fingerprint density at radius 2 is 1.59 bits per heavy atom. The van der Waals surface area contributed by atoms with Crippen LogP contribution in [-0.2, 0) is 0 Å². The van der Waals surface area contributed by atoms with Crippen LogP contribution in [0.25, 0.3) is 33.5 Å². The van der Waals surface area contributed by atoms with Crippen molar-refractivity contribution >= 4 is 17.2 Å². The number of fused-ring (bicyclic) bond motifs is 1. The van der Waals surface area contributed by atoms with Gasteiger partial charge in [0.05, 0.1) is 6.10 Å². The van der Waals surface area contributed by atoms with Crippen molar-refractivity contribution in [2.75, 3.05) is 5.73 Å². The van der Waals surface area contributed by atoms with Gasteiger partial charge in [-0.25, -0.2) is 9.50 Å². The number of amides is 1. The fourth-order valence-electron chi connectivity index (χ4n) is 5.61. The summed E-state index contributed by atoms with van der Waals surface area (Å²) in [6.07, 6.45) is 6.13. The molecular formula is C30H28N6O3. The van der Waals surface area contributed by atoms with E-state index >= 15 is 0 Å². The van der Waals surface area contributed by atoms with Gasteiger partial charge in [-0.1, -0.05) is 42.5 Å². The SMILES string of the molecule is NC(=O)c1c(-c2ccc(-c3cc(C4CCC(O)CC4)n4ncnc(N)c34)cc2)ccn(-c2ccccc2)c1=O. The normalized spacial score (nSPS) is 17.4. The van der Waals surface area contributed by atoms with E-state index in [1.807, 2.05) is 47.0 Å². The third-order valence-electron chi connectivity index (χ3n) is 7.61. The number of para-hydroxylation sites is 1. The number of anilines is 1. The highest BCUT2D eigenvalue weighted by Gasteiger charge is 2.26. The Morgan fingerprint density at radius 1 is 0.923 bits per heavy atom. The summed E-state index contributed by atoms with van der Waals surface area (Å²) in [7, 11) is 0. The summed E-state index contributed by atoms with van der Waals surface area (Å²) >= 11 is 0. The van der Waals surface area contributed by atoms with Gasteiger partial charge in [0, 0.05) is 34.6 Å². The highest BCUT2D eigenvalue weighted by molar-refractivity contribution is 5.99. The second kappa shape index (κ2) is 9.85. The van der Waals surface area contributed by atoms with Crippen molar-refractivity contribution in [2.45, 2.75) is 37.7 Å². The Hall–Kier alpha value is -4.76. The summed E-state index contributed by atoms with van der Waals surface area (Å²) in [5, 5.41) is 14.5. The molecule has 3 aromatic heterocycles. The van der Waals surface area contributed by atoms with Crippen molar-refractivity contribution in [3.05, 3.63) is 101 Å². The lowest BCUT2D eigenvalue weighted by molar-refractivity contribution is 0.0999. The van der Waals surface area contributed by atoms with Gasteiger partial charge in [0.1, 0.15) is 17.4 Å². The van der Waals surface area contributed by atoms with E-state index in [4.69, 9.17) is 11.5 Å². The van der Waals surface area contributed by atoms with Gasteiger partial charge in [-0.15, -0.1) is 0 Å². The summed E-state index contributed by atoms with van der Waals surface area (Å²) in [6.45, 7) is 0. The number of hydrogen-bond donors (Lipinski definition) is 3. The summed E-state index contributed by atoms with van der Waals surface area (Å²) < 4.78 is 3.28. The standard InChI is InChI=1S/C30H28N6O3/c31-28-27-24(16-25(36(27)34-17-33-28)20-10-12-22(37)13-11-20)19-8-6-18(7-9-19)23-14-15-35(21-4-2-1-3-5-21)30(39)26(23)29(32)38/h1-9,14-17,20,22,37H,10-13H2,(H2,32,38)(H2,31,33,34). The number of nitrogen functional groups attached to an aromatic ring is 1. The minimum Gasteiger partial charge on any atom is -0.393 e. The van der Waals surface area contributed by atoms with Gasteiger partial charge in [0.25, 0.3) is 11.5 Å². The summed E-state index contributed by atoms with van der Waals surface area (Å²) in [5.41, 5.74) is 16.8. The average molecular weight is 521 g/mol. The van der Waals surface area contributed by atoms with Gasteiger partial charge in [-0.05, 0) is 61.1 Å². The zero-order valence-electron chi connectivity index (χ0n) is 21.2. The average Bonchev–Trinajstić information content (AvgIpc) is 3.34. The smallest absolute Gasteiger partial charge is 0.268 e. The molecule has 0 atom stereocenters. The first-order chi connectivity index (χ1) is 18.9. The van der Waals surface area contributed by atoms with Crippen molar-refractivity contribution in [1.82, 2.24) is 19.2 Å². The van der Waals surface area contributed by atoms with Gasteiger partial charge in [0.2, 0.25) is 0 Å². The van der Waals surface area contributed by atoms with Crippen LogP contribution in [0.3, 0.4) is 0 Å². The number of hydrogen-bond acceptors (Lipinski definition) is 6. The molecule has 0 unspecified atom stereocenters. The van der Waals surface area contributed by atoms with Crippen molar-refractivity contribution in [1.29, 1.82) is 0 Å². The lowest BCUT2D eigenvalue weighted by Crippen LogP contribution is -2.29. The molecule has 5 N–H and O–H groups in total. The van der Waals surface area contributed by atoms with E-state index in [2.05, 4.69) is 16.1 Å². The minimum atomic E-state index is -0.782. The monoisotopic (exact) mass is 520 g/mol. The number of aliphatic hydroxyl groups excluding tert-OH is 1. The maximum Gasteiger partial charge on any atom is 0.268 e. The van der Waals surface area contributed by atoms with Crippen LogP contribution >= 0.6 is 0 Å². The molecule has 1 amide bonds. The van der Waals surface area contributed by atoms with Crippen LogP contribution < -0.4 is 17.0 Å². The molecule has 0 spiro atoms. The molecule has 3 heterocycles. The fourth-order valence-corrected chi connectivity index (χ4v) is 5.61. The number of rotatable bonds is 5. The van der Waals surface area contributed by atoms with Crippen LogP contribution in [-0.4, -0.2) is 36.3 Å². The predicted molar refractivity (Wildman–Crippen MR) is 150 cm³/mol. The van der Waals surface area contributed by atoms with Crippen LogP contribution in [0.2, 0.25) is 0 Å². The molecule has 1 saturated carbocycles. The van der Waals surface area contributed by atoms with Gasteiger partial charge in [-0.2, -0.15) is 5.10 Å². The Labute approximate surface area is 224 Å². The summed E-state index contributed by atoms with van der Waals surface area (Å²) in [4.78, 5) is 29.9. The number of aliphatic hydroxyl groups is 1. The zero-order valence-corrected chi connectivity index (χ0v) is 21.2. The Balaban J connectivity index is 1.41. The Bertz CT molecular complexity index is 1730. The molecule has 9 heteroatoms. The molecule has 5 aromatic rings. The number of carbonyl (C=O) groups excluding carboxylic acids is 1. The number of carbonyl (C=O) groups is 1. The topological polar surface area (TPSA) is 142 Å². The van der Waals surface area contributed by atoms with Crippen LogP contribution in [0.4, 0.5) is 5.82 Å². The molecular weight excluding hydrogens is 492 g/mol.